The van der Waals surface area contributed by atoms with Crippen LogP contribution < -0.4 is 15.4 Å². The number of nitrogens with two attached hydrogens (primary N) is 1. The first-order valence-corrected chi connectivity index (χ1v) is 7.33. The Morgan fingerprint density at radius 2 is 2.14 bits per heavy atom. The van der Waals surface area contributed by atoms with E-state index in [2.05, 4.69) is 5.32 Å². The van der Waals surface area contributed by atoms with Crippen LogP contribution in [-0.4, -0.2) is 19.6 Å². The van der Waals surface area contributed by atoms with Gasteiger partial charge >= 0.3 is 0 Å². The number of hydrogen-bond donors (Lipinski definition) is 2. The Morgan fingerprint density at radius 3 is 2.81 bits per heavy atom. The molecule has 2 rings (SSSR count). The minimum atomic E-state index is -0.109. The Morgan fingerprint density at radius 1 is 1.38 bits per heavy atom. The highest BCUT2D eigenvalue weighted by atomic mass is 32.1. The molecule has 6 heteroatoms. The number of nitriles is 1. The minimum absolute atomic E-state index is 0.109. The van der Waals surface area contributed by atoms with Gasteiger partial charge in [-0.2, -0.15) is 5.26 Å². The molecule has 1 heterocycles. The van der Waals surface area contributed by atoms with Crippen LogP contribution in [0.1, 0.15) is 11.1 Å². The number of nitrogens with zero attached hydrogens (tertiary/aromatic N) is 1. The van der Waals surface area contributed by atoms with Crippen LogP contribution >= 0.6 is 11.3 Å². The molecule has 1 aromatic carbocycles. The average molecular weight is 302 g/mol. The summed E-state index contributed by atoms with van der Waals surface area (Å²) in [6.45, 7) is 1.03. The summed E-state index contributed by atoms with van der Waals surface area (Å²) < 4.78 is 5.09. The highest BCUT2D eigenvalue weighted by molar-refractivity contribution is 7.14. The second-order valence-corrected chi connectivity index (χ2v) is 5.28. The van der Waals surface area contributed by atoms with Crippen LogP contribution in [0.5, 0.6) is 5.75 Å². The van der Waals surface area contributed by atoms with E-state index in [4.69, 9.17) is 10.00 Å². The van der Waals surface area contributed by atoms with E-state index in [1.54, 1.807) is 18.6 Å². The fourth-order valence-electron chi connectivity index (χ4n) is 1.80. The molecule has 0 aliphatic rings. The maximum atomic E-state index is 11.8. The molecule has 0 unspecified atom stereocenters. The van der Waals surface area contributed by atoms with Crippen molar-refractivity contribution in [1.29, 1.82) is 5.26 Å². The first-order valence-electron chi connectivity index (χ1n) is 6.45. The number of methoxy groups -OCH3 is 1. The lowest BCUT2D eigenvalue weighted by atomic mass is 10.2. The summed E-state index contributed by atoms with van der Waals surface area (Å²) in [5.74, 6) is 0.709. The Labute approximate surface area is 127 Å². The fraction of sp³-hybridized carbons (Fsp3) is 0.200. The first kappa shape index (κ1) is 15.0. The van der Waals surface area contributed by atoms with Gasteiger partial charge in [0.2, 0.25) is 0 Å². The number of thiophene rings is 1. The van der Waals surface area contributed by atoms with Gasteiger partial charge in [-0.25, -0.2) is 0 Å². The average Bonchev–Trinajstić information content (AvgIpc) is 2.95. The second-order valence-electron chi connectivity index (χ2n) is 4.37. The topological polar surface area (TPSA) is 78.7 Å². The van der Waals surface area contributed by atoms with Crippen LogP contribution in [0.15, 0.2) is 35.7 Å². The number of rotatable bonds is 6. The molecule has 0 aliphatic carbocycles. The number of hydrogen-bond acceptors (Lipinski definition) is 4. The van der Waals surface area contributed by atoms with Gasteiger partial charge in [-0.3, -0.25) is 4.79 Å². The van der Waals surface area contributed by atoms with Crippen LogP contribution in [0.4, 0.5) is 5.00 Å². The van der Waals surface area contributed by atoms with E-state index in [1.165, 1.54) is 11.3 Å². The molecule has 0 aliphatic heterocycles. The van der Waals surface area contributed by atoms with Gasteiger partial charge in [-0.1, -0.05) is 0 Å². The lowest BCUT2D eigenvalue weighted by Crippen LogP contribution is -2.84. The van der Waals surface area contributed by atoms with E-state index >= 15 is 0 Å². The maximum Gasteiger partial charge on any atom is 0.280 e. The van der Waals surface area contributed by atoms with Crippen LogP contribution in [0.25, 0.3) is 0 Å². The molecule has 0 saturated heterocycles. The molecule has 3 N–H and O–H groups in total. The van der Waals surface area contributed by atoms with Crippen molar-refractivity contribution >= 4 is 22.2 Å². The number of anilines is 1. The van der Waals surface area contributed by atoms with Gasteiger partial charge in [0.15, 0.2) is 6.54 Å². The third kappa shape index (κ3) is 4.31. The highest BCUT2D eigenvalue weighted by Crippen LogP contribution is 2.21. The number of nitrogens with one attached hydrogen (secondary N) is 1. The van der Waals surface area contributed by atoms with Gasteiger partial charge < -0.3 is 15.4 Å². The molecule has 5 nitrogen and oxygen atoms in total. The number of ether oxygens (including phenoxy) is 1. The van der Waals surface area contributed by atoms with Gasteiger partial charge in [0.05, 0.1) is 12.7 Å². The molecule has 21 heavy (non-hydrogen) atoms. The molecular formula is C15H16N3O2S+. The molecule has 1 amide bonds. The van der Waals surface area contributed by atoms with Crippen molar-refractivity contribution in [3.63, 3.8) is 0 Å². The molecule has 0 fully saturated rings. The van der Waals surface area contributed by atoms with Crippen LogP contribution in [0.3, 0.4) is 0 Å². The Bertz CT molecular complexity index is 644. The van der Waals surface area contributed by atoms with E-state index < -0.39 is 0 Å². The van der Waals surface area contributed by atoms with Crippen molar-refractivity contribution in [2.24, 2.45) is 0 Å². The predicted octanol–water partition coefficient (Wildman–Crippen LogP) is 1.33. The highest BCUT2D eigenvalue weighted by Gasteiger charge is 2.09. The Kier molecular flexibility index (Phi) is 5.32. The van der Waals surface area contributed by atoms with E-state index in [-0.39, 0.29) is 5.91 Å². The SMILES string of the molecule is COc1ccc(C[NH2+]CC(=O)Nc2sccc2C#N)cc1. The molecule has 108 valence electrons. The zero-order valence-electron chi connectivity index (χ0n) is 11.6. The zero-order chi connectivity index (χ0) is 15.1. The van der Waals surface area contributed by atoms with Crippen LogP contribution in [0, 0.1) is 11.3 Å². The van der Waals surface area contributed by atoms with Gasteiger partial charge in [-0.05, 0) is 35.7 Å². The molecule has 0 atom stereocenters. The maximum absolute atomic E-state index is 11.8. The van der Waals surface area contributed by atoms with Crippen LogP contribution in [-0.2, 0) is 11.3 Å². The van der Waals surface area contributed by atoms with Crippen molar-refractivity contribution in [1.82, 2.24) is 0 Å². The van der Waals surface area contributed by atoms with E-state index in [9.17, 15) is 4.79 Å². The monoisotopic (exact) mass is 302 g/mol. The standard InChI is InChI=1S/C15H15N3O2S/c1-20-13-4-2-11(3-5-13)9-17-10-14(19)18-15-12(8-16)6-7-21-15/h2-7,17H,9-10H2,1H3,(H,18,19)/p+1. The normalized spacial score (nSPS) is 9.90. The third-order valence-corrected chi connectivity index (χ3v) is 3.74. The number of quaternary nitrogens is 1. The van der Waals surface area contributed by atoms with Gasteiger partial charge in [0.1, 0.15) is 23.4 Å². The number of amides is 1. The van der Waals surface area contributed by atoms with Gasteiger partial charge in [-0.15, -0.1) is 11.3 Å². The molecule has 1 aromatic heterocycles. The second kappa shape index (κ2) is 7.43. The molecule has 0 bridgehead atoms. The molecule has 2 aromatic rings. The molecular weight excluding hydrogens is 286 g/mol. The summed E-state index contributed by atoms with van der Waals surface area (Å²) in [6.07, 6.45) is 0. The summed E-state index contributed by atoms with van der Waals surface area (Å²) in [5.41, 5.74) is 1.63. The summed E-state index contributed by atoms with van der Waals surface area (Å²) in [4.78, 5) is 11.8. The summed E-state index contributed by atoms with van der Waals surface area (Å²) in [7, 11) is 1.63. The van der Waals surface area contributed by atoms with Crippen LogP contribution in [0.2, 0.25) is 0 Å². The summed E-state index contributed by atoms with van der Waals surface area (Å²) in [5, 5.41) is 15.9. The first-order chi connectivity index (χ1) is 10.2. The molecule has 0 radical (unpaired) electrons. The van der Waals surface area contributed by atoms with Crippen molar-refractivity contribution in [3.8, 4) is 11.8 Å². The number of benzene rings is 1. The van der Waals surface area contributed by atoms with Crippen molar-refractivity contribution < 1.29 is 14.8 Å². The summed E-state index contributed by atoms with van der Waals surface area (Å²) >= 11 is 1.35. The summed E-state index contributed by atoms with van der Waals surface area (Å²) in [6, 6.07) is 11.5. The minimum Gasteiger partial charge on any atom is -0.497 e. The van der Waals surface area contributed by atoms with E-state index in [0.29, 0.717) is 23.7 Å². The lowest BCUT2D eigenvalue weighted by Gasteiger charge is -2.04. The number of carbonyl (C=O) groups excluding carboxylic acids is 1. The van der Waals surface area contributed by atoms with E-state index in [0.717, 1.165) is 11.3 Å². The predicted molar refractivity (Wildman–Crippen MR) is 81.2 cm³/mol. The molecule has 0 spiro atoms. The van der Waals surface area contributed by atoms with Gasteiger partial charge in [0, 0.05) is 5.56 Å². The lowest BCUT2D eigenvalue weighted by molar-refractivity contribution is -0.659. The van der Waals surface area contributed by atoms with E-state index in [1.807, 2.05) is 35.7 Å². The largest absolute Gasteiger partial charge is 0.497 e. The molecule has 0 saturated carbocycles. The fourth-order valence-corrected chi connectivity index (χ4v) is 2.56. The smallest absolute Gasteiger partial charge is 0.280 e. The van der Waals surface area contributed by atoms with Gasteiger partial charge in [0.25, 0.3) is 5.91 Å². The van der Waals surface area contributed by atoms with Crippen molar-refractivity contribution in [2.75, 3.05) is 19.0 Å². The Balaban J connectivity index is 1.78. The van der Waals surface area contributed by atoms with Crippen molar-refractivity contribution in [2.45, 2.75) is 6.54 Å². The Hall–Kier alpha value is -2.36. The van der Waals surface area contributed by atoms with Crippen molar-refractivity contribution in [3.05, 3.63) is 46.8 Å². The third-order valence-electron chi connectivity index (χ3n) is 2.91. The quantitative estimate of drug-likeness (QED) is 0.845. The zero-order valence-corrected chi connectivity index (χ0v) is 12.4. The number of carbonyl (C=O) groups is 1.